The van der Waals surface area contributed by atoms with Crippen molar-refractivity contribution in [3.63, 3.8) is 0 Å². The molecule has 0 saturated carbocycles. The SMILES string of the molecule is Cc1cc(NCC(O)(CNc2ccccc2)C(F)(F)F)c2cnn(-c3ccc(C(=O)OCc4ccccc4)cc3)c2c1. The summed E-state index contributed by atoms with van der Waals surface area (Å²) in [7, 11) is 0. The summed E-state index contributed by atoms with van der Waals surface area (Å²) in [4.78, 5) is 12.5. The summed E-state index contributed by atoms with van der Waals surface area (Å²) in [6, 6.07) is 28.0. The molecule has 0 aliphatic carbocycles. The van der Waals surface area contributed by atoms with Crippen LogP contribution < -0.4 is 10.6 Å². The van der Waals surface area contributed by atoms with Gasteiger partial charge in [-0.25, -0.2) is 9.48 Å². The fourth-order valence-corrected chi connectivity index (χ4v) is 4.47. The van der Waals surface area contributed by atoms with Crippen LogP contribution in [0.25, 0.3) is 16.6 Å². The number of alkyl halides is 3. The van der Waals surface area contributed by atoms with Crippen LogP contribution in [0.3, 0.4) is 0 Å². The lowest BCUT2D eigenvalue weighted by atomic mass is 10.0. The van der Waals surface area contributed by atoms with Gasteiger partial charge in [-0.1, -0.05) is 48.5 Å². The van der Waals surface area contributed by atoms with Crippen molar-refractivity contribution >= 4 is 28.2 Å². The van der Waals surface area contributed by atoms with E-state index in [1.165, 1.54) is 0 Å². The van der Waals surface area contributed by atoms with E-state index >= 15 is 0 Å². The van der Waals surface area contributed by atoms with Gasteiger partial charge in [0, 0.05) is 16.8 Å². The Morgan fingerprint density at radius 1 is 0.905 bits per heavy atom. The third-order valence-electron chi connectivity index (χ3n) is 6.85. The molecule has 0 fully saturated rings. The van der Waals surface area contributed by atoms with Crippen LogP contribution in [0, 0.1) is 6.92 Å². The van der Waals surface area contributed by atoms with Crippen molar-refractivity contribution in [1.29, 1.82) is 0 Å². The number of ether oxygens (including phenoxy) is 1. The Hall–Kier alpha value is -4.83. The number of aromatic nitrogens is 2. The lowest BCUT2D eigenvalue weighted by Crippen LogP contribution is -2.55. The van der Waals surface area contributed by atoms with E-state index in [0.717, 1.165) is 11.1 Å². The van der Waals surface area contributed by atoms with Crippen LogP contribution in [0.1, 0.15) is 21.5 Å². The number of halogens is 3. The average molecular weight is 575 g/mol. The van der Waals surface area contributed by atoms with E-state index in [-0.39, 0.29) is 6.61 Å². The fourth-order valence-electron chi connectivity index (χ4n) is 4.47. The first-order valence-corrected chi connectivity index (χ1v) is 13.2. The number of carbonyl (C=O) groups is 1. The molecular formula is C32H29F3N4O3. The zero-order valence-electron chi connectivity index (χ0n) is 22.7. The van der Waals surface area contributed by atoms with Gasteiger partial charge < -0.3 is 20.5 Å². The van der Waals surface area contributed by atoms with Crippen molar-refractivity contribution in [3.8, 4) is 5.69 Å². The molecule has 0 saturated heterocycles. The number of aliphatic hydroxyl groups is 1. The van der Waals surface area contributed by atoms with Gasteiger partial charge in [0.15, 0.2) is 5.60 Å². The van der Waals surface area contributed by atoms with Gasteiger partial charge in [-0.2, -0.15) is 18.3 Å². The van der Waals surface area contributed by atoms with E-state index in [4.69, 9.17) is 4.74 Å². The highest BCUT2D eigenvalue weighted by molar-refractivity contribution is 5.93. The van der Waals surface area contributed by atoms with Gasteiger partial charge in [0.2, 0.25) is 0 Å². The number of para-hydroxylation sites is 1. The summed E-state index contributed by atoms with van der Waals surface area (Å²) in [5, 5.41) is 21.2. The number of rotatable bonds is 10. The standard InChI is InChI=1S/C32H29F3N4O3/c1-22-16-28(37-21-31(41,32(33,34)35)20-36-25-10-6-3-7-11-25)27-18-38-39(29(27)17-22)26-14-12-24(13-15-26)30(40)42-19-23-8-4-2-5-9-23/h2-18,36-37,41H,19-21H2,1H3. The van der Waals surface area contributed by atoms with Crippen LogP contribution in [0.4, 0.5) is 24.5 Å². The lowest BCUT2D eigenvalue weighted by Gasteiger charge is -2.31. The normalized spacial score (nSPS) is 13.0. The number of nitrogens with one attached hydrogen (secondary N) is 2. The van der Waals surface area contributed by atoms with Crippen molar-refractivity contribution in [2.24, 2.45) is 0 Å². The number of hydrogen-bond acceptors (Lipinski definition) is 6. The third kappa shape index (κ3) is 6.39. The Balaban J connectivity index is 1.33. The highest BCUT2D eigenvalue weighted by atomic mass is 19.4. The van der Waals surface area contributed by atoms with Crippen molar-refractivity contribution in [2.45, 2.75) is 25.3 Å². The molecule has 1 aromatic heterocycles. The molecule has 5 rings (SSSR count). The zero-order valence-corrected chi connectivity index (χ0v) is 22.7. The van der Waals surface area contributed by atoms with Crippen molar-refractivity contribution in [2.75, 3.05) is 23.7 Å². The van der Waals surface area contributed by atoms with Crippen LogP contribution in [0.2, 0.25) is 0 Å². The summed E-state index contributed by atoms with van der Waals surface area (Å²) in [6.07, 6.45) is -3.34. The first kappa shape index (κ1) is 28.7. The molecule has 5 aromatic rings. The van der Waals surface area contributed by atoms with Gasteiger partial charge in [-0.05, 0) is 66.6 Å². The fraction of sp³-hybridized carbons (Fsp3) is 0.188. The molecule has 0 amide bonds. The molecule has 0 radical (unpaired) electrons. The van der Waals surface area contributed by atoms with Crippen LogP contribution >= 0.6 is 0 Å². The van der Waals surface area contributed by atoms with Gasteiger partial charge in [-0.3, -0.25) is 0 Å². The maximum atomic E-state index is 14.0. The first-order chi connectivity index (χ1) is 20.1. The largest absolute Gasteiger partial charge is 0.457 e. The predicted molar refractivity (Wildman–Crippen MR) is 156 cm³/mol. The number of carbonyl (C=O) groups excluding carboxylic acids is 1. The van der Waals surface area contributed by atoms with Crippen LogP contribution in [0.15, 0.2) is 103 Å². The maximum Gasteiger partial charge on any atom is 0.420 e. The summed E-state index contributed by atoms with van der Waals surface area (Å²) < 4.78 is 49.0. The van der Waals surface area contributed by atoms with Crippen molar-refractivity contribution < 1.29 is 27.8 Å². The summed E-state index contributed by atoms with van der Waals surface area (Å²) in [5.74, 6) is -0.461. The minimum atomic E-state index is -4.89. The number of fused-ring (bicyclic) bond motifs is 1. The number of aryl methyl sites for hydroxylation is 1. The second-order valence-corrected chi connectivity index (χ2v) is 10.0. The number of nitrogens with zero attached hydrogens (tertiary/aromatic N) is 2. The highest BCUT2D eigenvalue weighted by Crippen LogP contribution is 2.33. The second kappa shape index (κ2) is 12.0. The molecule has 0 aliphatic rings. The smallest absolute Gasteiger partial charge is 0.420 e. The van der Waals surface area contributed by atoms with Gasteiger partial charge in [-0.15, -0.1) is 0 Å². The molecule has 4 aromatic carbocycles. The van der Waals surface area contributed by atoms with Gasteiger partial charge in [0.1, 0.15) is 6.61 Å². The lowest BCUT2D eigenvalue weighted by molar-refractivity contribution is -0.248. The Morgan fingerprint density at radius 3 is 2.21 bits per heavy atom. The summed E-state index contributed by atoms with van der Waals surface area (Å²) in [5.41, 5.74) is 1.17. The second-order valence-electron chi connectivity index (χ2n) is 10.0. The van der Waals surface area contributed by atoms with Crippen LogP contribution in [-0.4, -0.2) is 45.7 Å². The minimum absolute atomic E-state index is 0.159. The molecule has 1 heterocycles. The van der Waals surface area contributed by atoms with Gasteiger partial charge in [0.25, 0.3) is 0 Å². The van der Waals surface area contributed by atoms with Crippen molar-refractivity contribution in [1.82, 2.24) is 9.78 Å². The first-order valence-electron chi connectivity index (χ1n) is 13.2. The molecule has 0 aliphatic heterocycles. The van der Waals surface area contributed by atoms with Crippen molar-refractivity contribution in [3.05, 3.63) is 120 Å². The molecule has 216 valence electrons. The van der Waals surface area contributed by atoms with Gasteiger partial charge >= 0.3 is 12.1 Å². The van der Waals surface area contributed by atoms with E-state index in [0.29, 0.717) is 33.5 Å². The molecule has 3 N–H and O–H groups in total. The van der Waals surface area contributed by atoms with E-state index in [9.17, 15) is 23.1 Å². The quantitative estimate of drug-likeness (QED) is 0.165. The molecule has 7 nitrogen and oxygen atoms in total. The number of anilines is 2. The number of esters is 1. The molecule has 0 spiro atoms. The Bertz CT molecular complexity index is 1660. The summed E-state index contributed by atoms with van der Waals surface area (Å²) in [6.45, 7) is 0.467. The molecular weight excluding hydrogens is 545 g/mol. The molecule has 1 atom stereocenters. The number of hydrogen-bond donors (Lipinski definition) is 3. The molecule has 1 unspecified atom stereocenters. The van der Waals surface area contributed by atoms with Gasteiger partial charge in [0.05, 0.1) is 36.1 Å². The minimum Gasteiger partial charge on any atom is -0.457 e. The topological polar surface area (TPSA) is 88.4 Å². The average Bonchev–Trinajstić information content (AvgIpc) is 3.42. The van der Waals surface area contributed by atoms with E-state index in [1.807, 2.05) is 43.3 Å². The van der Waals surface area contributed by atoms with E-state index in [1.54, 1.807) is 71.5 Å². The zero-order chi connectivity index (χ0) is 29.7. The molecule has 0 bridgehead atoms. The molecule has 42 heavy (non-hydrogen) atoms. The monoisotopic (exact) mass is 574 g/mol. The third-order valence-corrected chi connectivity index (χ3v) is 6.85. The van der Waals surface area contributed by atoms with E-state index < -0.39 is 30.8 Å². The Labute approximate surface area is 240 Å². The highest BCUT2D eigenvalue weighted by Gasteiger charge is 2.53. The summed E-state index contributed by atoms with van der Waals surface area (Å²) >= 11 is 0. The molecule has 10 heteroatoms. The predicted octanol–water partition coefficient (Wildman–Crippen LogP) is 6.51. The number of benzene rings is 4. The van der Waals surface area contributed by atoms with Crippen LogP contribution in [-0.2, 0) is 11.3 Å². The van der Waals surface area contributed by atoms with Crippen LogP contribution in [0.5, 0.6) is 0 Å². The maximum absolute atomic E-state index is 14.0. The Kier molecular flexibility index (Phi) is 8.17. The Morgan fingerprint density at radius 2 is 1.55 bits per heavy atom. The van der Waals surface area contributed by atoms with E-state index in [2.05, 4.69) is 15.7 Å².